The van der Waals surface area contributed by atoms with E-state index in [2.05, 4.69) is 10.6 Å². The van der Waals surface area contributed by atoms with Crippen LogP contribution in [0.5, 0.6) is 0 Å². The van der Waals surface area contributed by atoms with E-state index in [1.165, 1.54) is 0 Å². The highest BCUT2D eigenvalue weighted by Crippen LogP contribution is 2.24. The predicted molar refractivity (Wildman–Crippen MR) is 29.9 cm³/mol. The molecule has 0 aliphatic carbocycles. The Bertz CT molecular complexity index is 319. The van der Waals surface area contributed by atoms with Crippen LogP contribution in [0.3, 0.4) is 0 Å². The minimum absolute atomic E-state index is 1.05. The minimum atomic E-state index is -5.90. The lowest BCUT2D eigenvalue weighted by Crippen LogP contribution is -2.27. The van der Waals surface area contributed by atoms with Crippen molar-refractivity contribution in [3.8, 4) is 12.3 Å². The molecule has 0 fully saturated rings. The Balaban J connectivity index is 4.72. The lowest BCUT2D eigenvalue weighted by atomic mass is 10.7. The first-order chi connectivity index (χ1) is 5.20. The Labute approximate surface area is 65.4 Å². The molecule has 0 spiro atoms. The molecule has 12 heavy (non-hydrogen) atoms. The molecule has 0 aromatic carbocycles. The summed E-state index contributed by atoms with van der Waals surface area (Å²) in [6.45, 7) is 0. The molecule has 0 saturated carbocycles. The van der Waals surface area contributed by atoms with E-state index in [-0.39, 0.29) is 0 Å². The van der Waals surface area contributed by atoms with Crippen molar-refractivity contribution >= 4 is 16.1 Å². The van der Waals surface area contributed by atoms with Crippen molar-refractivity contribution in [1.29, 1.82) is 0 Å². The number of hydrogen-bond acceptors (Lipinski definition) is 4. The van der Waals surface area contributed by atoms with Gasteiger partial charge < -0.3 is 4.18 Å². The van der Waals surface area contributed by atoms with Gasteiger partial charge in [-0.2, -0.15) is 21.6 Å². The van der Waals surface area contributed by atoms with Crippen LogP contribution in [0.1, 0.15) is 0 Å². The van der Waals surface area contributed by atoms with Gasteiger partial charge in [-0.1, -0.05) is 0 Å². The van der Waals surface area contributed by atoms with Crippen molar-refractivity contribution < 1.29 is 30.6 Å². The molecule has 68 valence electrons. The number of halogens is 3. The molecule has 0 N–H and O–H groups in total. The van der Waals surface area contributed by atoms with Gasteiger partial charge in [-0.25, -0.2) is 4.79 Å². The van der Waals surface area contributed by atoms with Gasteiger partial charge in [-0.15, -0.1) is 6.42 Å². The van der Waals surface area contributed by atoms with Gasteiger partial charge in [0.25, 0.3) is 0 Å². The summed E-state index contributed by atoms with van der Waals surface area (Å²) in [5, 5.41) is 0. The maximum atomic E-state index is 11.4. The monoisotopic (exact) mass is 202 g/mol. The van der Waals surface area contributed by atoms with E-state index < -0.39 is 21.6 Å². The zero-order valence-electron chi connectivity index (χ0n) is 5.25. The highest BCUT2D eigenvalue weighted by atomic mass is 32.2. The summed E-state index contributed by atoms with van der Waals surface area (Å²) < 4.78 is 57.0. The summed E-state index contributed by atoms with van der Waals surface area (Å²) >= 11 is 0. The Morgan fingerprint density at radius 1 is 1.42 bits per heavy atom. The molecular weight excluding hydrogens is 201 g/mol. The Morgan fingerprint density at radius 3 is 2.08 bits per heavy atom. The maximum Gasteiger partial charge on any atom is 0.534 e. The van der Waals surface area contributed by atoms with Crippen molar-refractivity contribution in [3.63, 3.8) is 0 Å². The molecule has 4 nitrogen and oxygen atoms in total. The molecule has 0 heterocycles. The number of hydrogen-bond donors (Lipinski definition) is 0. The zero-order valence-corrected chi connectivity index (χ0v) is 6.07. The third-order valence-electron chi connectivity index (χ3n) is 0.587. The molecule has 8 heteroatoms. The molecule has 0 aromatic heterocycles. The fourth-order valence-electron chi connectivity index (χ4n) is 0.171. The topological polar surface area (TPSA) is 60.4 Å². The lowest BCUT2D eigenvalue weighted by molar-refractivity contribution is -0.130. The zero-order chi connectivity index (χ0) is 9.99. The molecule has 0 aliphatic rings. The number of alkyl halides is 3. The van der Waals surface area contributed by atoms with Crippen LogP contribution in [-0.2, 0) is 19.1 Å². The van der Waals surface area contributed by atoms with E-state index in [1.54, 1.807) is 0 Å². The second kappa shape index (κ2) is 3.02. The second-order valence-corrected chi connectivity index (χ2v) is 2.95. The molecule has 0 unspecified atom stereocenters. The summed E-state index contributed by atoms with van der Waals surface area (Å²) in [5.41, 5.74) is -5.64. The number of rotatable bonds is 1. The third kappa shape index (κ3) is 2.43. The fourth-order valence-corrected chi connectivity index (χ4v) is 0.513. The van der Waals surface area contributed by atoms with E-state index in [0.29, 0.717) is 0 Å². The number of carbonyl (C=O) groups excluding carboxylic acids is 1. The van der Waals surface area contributed by atoms with Crippen LogP contribution >= 0.6 is 0 Å². The summed E-state index contributed by atoms with van der Waals surface area (Å²) in [6.07, 6.45) is 4.27. The van der Waals surface area contributed by atoms with Crippen molar-refractivity contribution in [1.82, 2.24) is 0 Å². The van der Waals surface area contributed by atoms with Crippen LogP contribution < -0.4 is 0 Å². The quantitative estimate of drug-likeness (QED) is 0.341. The second-order valence-electron chi connectivity index (χ2n) is 1.41. The Hall–Kier alpha value is -1.23. The molecule has 0 rings (SSSR count). The van der Waals surface area contributed by atoms with Crippen LogP contribution in [0.15, 0.2) is 0 Å². The summed E-state index contributed by atoms with van der Waals surface area (Å²) in [6, 6.07) is 0. The summed E-state index contributed by atoms with van der Waals surface area (Å²) in [4.78, 5) is 9.94. The standard InChI is InChI=1S/C4HF3O4S/c1-2-3(8)11-12(9,10)4(5,6)7/h1H. The van der Waals surface area contributed by atoms with Crippen LogP contribution in [0.2, 0.25) is 0 Å². The van der Waals surface area contributed by atoms with Crippen molar-refractivity contribution in [2.45, 2.75) is 5.51 Å². The van der Waals surface area contributed by atoms with Gasteiger partial charge in [0.1, 0.15) is 0 Å². The summed E-state index contributed by atoms with van der Waals surface area (Å²) in [7, 11) is -5.90. The van der Waals surface area contributed by atoms with Crippen LogP contribution in [0, 0.1) is 12.3 Å². The predicted octanol–water partition coefficient (Wildman–Crippen LogP) is 0.0124. The van der Waals surface area contributed by atoms with E-state index in [0.717, 1.165) is 5.92 Å². The highest BCUT2D eigenvalue weighted by Gasteiger charge is 2.49. The van der Waals surface area contributed by atoms with Gasteiger partial charge in [0, 0.05) is 5.92 Å². The van der Waals surface area contributed by atoms with Crippen LogP contribution in [-0.4, -0.2) is 19.9 Å². The molecule has 0 aliphatic heterocycles. The van der Waals surface area contributed by atoms with E-state index in [9.17, 15) is 26.4 Å². The lowest BCUT2D eigenvalue weighted by Gasteiger charge is -2.04. The largest absolute Gasteiger partial charge is 0.534 e. The average molecular weight is 202 g/mol. The first kappa shape index (κ1) is 10.8. The molecule has 0 atom stereocenters. The van der Waals surface area contributed by atoms with Crippen molar-refractivity contribution in [2.24, 2.45) is 0 Å². The first-order valence-corrected chi connectivity index (χ1v) is 3.63. The molecule has 0 aromatic rings. The molecule has 0 bridgehead atoms. The molecule has 0 amide bonds. The van der Waals surface area contributed by atoms with E-state index in [4.69, 9.17) is 0 Å². The molecule has 0 saturated heterocycles. The number of terminal acetylenes is 1. The third-order valence-corrected chi connectivity index (χ3v) is 1.52. The summed E-state index contributed by atoms with van der Waals surface area (Å²) in [5.74, 6) is -0.857. The smallest absolute Gasteiger partial charge is 0.328 e. The maximum absolute atomic E-state index is 11.4. The van der Waals surface area contributed by atoms with E-state index in [1.807, 2.05) is 0 Å². The van der Waals surface area contributed by atoms with Gasteiger partial charge >= 0.3 is 21.6 Å². The molecular formula is C4HF3O4S. The highest BCUT2D eigenvalue weighted by molar-refractivity contribution is 7.88. The first-order valence-electron chi connectivity index (χ1n) is 2.22. The van der Waals surface area contributed by atoms with Crippen molar-refractivity contribution in [2.75, 3.05) is 0 Å². The van der Waals surface area contributed by atoms with Gasteiger partial charge in [0.15, 0.2) is 0 Å². The van der Waals surface area contributed by atoms with Crippen molar-refractivity contribution in [3.05, 3.63) is 0 Å². The van der Waals surface area contributed by atoms with Gasteiger partial charge in [-0.05, 0) is 0 Å². The van der Waals surface area contributed by atoms with Gasteiger partial charge in [0.2, 0.25) is 0 Å². The molecule has 0 radical (unpaired) electrons. The van der Waals surface area contributed by atoms with Crippen LogP contribution in [0.4, 0.5) is 13.2 Å². The Morgan fingerprint density at radius 2 is 1.83 bits per heavy atom. The fraction of sp³-hybridized carbons (Fsp3) is 0.250. The van der Waals surface area contributed by atoms with Crippen LogP contribution in [0.25, 0.3) is 0 Å². The van der Waals surface area contributed by atoms with Gasteiger partial charge in [-0.3, -0.25) is 0 Å². The average Bonchev–Trinajstić information content (AvgIpc) is 1.84. The Kier molecular flexibility index (Phi) is 2.71. The van der Waals surface area contributed by atoms with Gasteiger partial charge in [0.05, 0.1) is 0 Å². The SMILES string of the molecule is C#CC(=O)OS(=O)(=O)C(F)(F)F. The minimum Gasteiger partial charge on any atom is -0.328 e. The van der Waals surface area contributed by atoms with E-state index >= 15 is 0 Å². The normalized spacial score (nSPS) is 11.8. The number of carbonyl (C=O) groups is 1.